The third-order valence-corrected chi connectivity index (χ3v) is 3.48. The van der Waals surface area contributed by atoms with Gasteiger partial charge in [0.1, 0.15) is 5.60 Å². The molecule has 6 heteroatoms. The monoisotopic (exact) mass is 299 g/mol. The zero-order chi connectivity index (χ0) is 16.2. The molecule has 1 unspecified atom stereocenters. The number of ether oxygens (including phenoxy) is 1. The van der Waals surface area contributed by atoms with Gasteiger partial charge in [-0.05, 0) is 47.5 Å². The molecule has 6 nitrogen and oxygen atoms in total. The number of rotatable bonds is 3. The zero-order valence-corrected chi connectivity index (χ0v) is 13.9. The molecule has 0 aromatic carbocycles. The van der Waals surface area contributed by atoms with E-state index in [9.17, 15) is 9.59 Å². The number of nitrogens with two attached hydrogens (primary N) is 1. The van der Waals surface area contributed by atoms with Crippen LogP contribution >= 0.6 is 0 Å². The average Bonchev–Trinajstić information content (AvgIpc) is 2.35. The number of carbonyl (C=O) groups is 2. The van der Waals surface area contributed by atoms with Crippen molar-refractivity contribution in [2.75, 3.05) is 19.6 Å². The molecule has 1 atom stereocenters. The minimum atomic E-state index is -0.522. The Morgan fingerprint density at radius 2 is 2.00 bits per heavy atom. The summed E-state index contributed by atoms with van der Waals surface area (Å²) < 4.78 is 5.50. The van der Waals surface area contributed by atoms with Gasteiger partial charge in [0.05, 0.1) is 12.6 Å². The maximum atomic E-state index is 12.4. The molecule has 0 radical (unpaired) electrons. The molecule has 2 amide bonds. The van der Waals surface area contributed by atoms with Crippen LogP contribution in [0.3, 0.4) is 0 Å². The van der Waals surface area contributed by atoms with Crippen molar-refractivity contribution >= 4 is 12.0 Å². The molecule has 0 aromatic rings. The van der Waals surface area contributed by atoms with Crippen LogP contribution in [0.1, 0.15) is 47.5 Å². The Bertz CT molecular complexity index is 377. The van der Waals surface area contributed by atoms with E-state index in [0.29, 0.717) is 13.1 Å². The largest absolute Gasteiger partial charge is 0.444 e. The number of hydrogen-bond acceptors (Lipinski definition) is 4. The molecule has 0 aliphatic carbocycles. The molecule has 21 heavy (non-hydrogen) atoms. The van der Waals surface area contributed by atoms with Gasteiger partial charge in [0, 0.05) is 19.1 Å². The highest BCUT2D eigenvalue weighted by atomic mass is 16.6. The first-order chi connectivity index (χ1) is 9.65. The van der Waals surface area contributed by atoms with Gasteiger partial charge in [0.2, 0.25) is 5.91 Å². The Labute approximate surface area is 127 Å². The van der Waals surface area contributed by atoms with Gasteiger partial charge in [0.25, 0.3) is 0 Å². The molecule has 2 N–H and O–H groups in total. The van der Waals surface area contributed by atoms with Crippen molar-refractivity contribution in [2.24, 2.45) is 5.73 Å². The first kappa shape index (κ1) is 17.8. The third-order valence-electron chi connectivity index (χ3n) is 3.48. The van der Waals surface area contributed by atoms with Crippen LogP contribution in [0.25, 0.3) is 0 Å². The van der Waals surface area contributed by atoms with Crippen molar-refractivity contribution in [3.8, 4) is 0 Å². The number of nitrogens with zero attached hydrogens (tertiary/aromatic N) is 2. The molecule has 1 aliphatic rings. The van der Waals surface area contributed by atoms with E-state index in [2.05, 4.69) is 0 Å². The first-order valence-electron chi connectivity index (χ1n) is 7.65. The van der Waals surface area contributed by atoms with E-state index in [4.69, 9.17) is 10.5 Å². The first-order valence-corrected chi connectivity index (χ1v) is 7.65. The Morgan fingerprint density at radius 3 is 2.48 bits per heavy atom. The molecule has 1 rings (SSSR count). The standard InChI is InChI=1S/C15H29N3O3/c1-11(2)18(14(20)21-15(3,4)5)12-7-6-8-17(10-12)13(19)9-16/h11-12H,6-10,16H2,1-5H3. The molecule has 1 saturated heterocycles. The molecule has 0 bridgehead atoms. The molecule has 1 fully saturated rings. The fourth-order valence-electron chi connectivity index (χ4n) is 2.63. The Kier molecular flexibility index (Phi) is 6.01. The summed E-state index contributed by atoms with van der Waals surface area (Å²) in [4.78, 5) is 27.7. The summed E-state index contributed by atoms with van der Waals surface area (Å²) >= 11 is 0. The zero-order valence-electron chi connectivity index (χ0n) is 13.9. The predicted molar refractivity (Wildman–Crippen MR) is 81.9 cm³/mol. The minimum absolute atomic E-state index is 0.0101. The quantitative estimate of drug-likeness (QED) is 0.858. The second-order valence-corrected chi connectivity index (χ2v) is 6.82. The molecular formula is C15H29N3O3. The summed E-state index contributed by atoms with van der Waals surface area (Å²) in [5.41, 5.74) is 4.91. The summed E-state index contributed by atoms with van der Waals surface area (Å²) in [6, 6.07) is 0.0156. The maximum Gasteiger partial charge on any atom is 0.410 e. The molecule has 0 saturated carbocycles. The van der Waals surface area contributed by atoms with Crippen LogP contribution in [0.15, 0.2) is 0 Å². The van der Waals surface area contributed by atoms with Crippen molar-refractivity contribution in [2.45, 2.75) is 65.1 Å². The Hall–Kier alpha value is -1.30. The van der Waals surface area contributed by atoms with Gasteiger partial charge < -0.3 is 20.3 Å². The highest BCUT2D eigenvalue weighted by Gasteiger charge is 2.34. The van der Waals surface area contributed by atoms with Gasteiger partial charge in [-0.25, -0.2) is 4.79 Å². The van der Waals surface area contributed by atoms with Gasteiger partial charge in [-0.15, -0.1) is 0 Å². The lowest BCUT2D eigenvalue weighted by molar-refractivity contribution is -0.132. The fraction of sp³-hybridized carbons (Fsp3) is 0.867. The second kappa shape index (κ2) is 7.11. The van der Waals surface area contributed by atoms with Crippen LogP contribution in [0.2, 0.25) is 0 Å². The summed E-state index contributed by atoms with van der Waals surface area (Å²) in [7, 11) is 0. The number of amides is 2. The van der Waals surface area contributed by atoms with E-state index < -0.39 is 5.60 Å². The Balaban J connectivity index is 2.80. The van der Waals surface area contributed by atoms with Gasteiger partial charge >= 0.3 is 6.09 Å². The summed E-state index contributed by atoms with van der Waals surface area (Å²) in [6.45, 7) is 10.8. The Morgan fingerprint density at radius 1 is 1.38 bits per heavy atom. The number of piperidine rings is 1. The van der Waals surface area contributed by atoms with Crippen LogP contribution in [0, 0.1) is 0 Å². The molecule has 1 heterocycles. The summed E-state index contributed by atoms with van der Waals surface area (Å²) in [6.07, 6.45) is 1.44. The lowest BCUT2D eigenvalue weighted by Gasteiger charge is -2.41. The van der Waals surface area contributed by atoms with Crippen molar-refractivity contribution in [1.82, 2.24) is 9.80 Å². The molecule has 0 aromatic heterocycles. The highest BCUT2D eigenvalue weighted by molar-refractivity contribution is 5.78. The van der Waals surface area contributed by atoms with E-state index in [1.807, 2.05) is 34.6 Å². The van der Waals surface area contributed by atoms with E-state index in [-0.39, 0.29) is 30.6 Å². The van der Waals surface area contributed by atoms with Crippen molar-refractivity contribution in [3.63, 3.8) is 0 Å². The van der Waals surface area contributed by atoms with Crippen LogP contribution in [0.5, 0.6) is 0 Å². The smallest absolute Gasteiger partial charge is 0.410 e. The number of carbonyl (C=O) groups excluding carboxylic acids is 2. The van der Waals surface area contributed by atoms with E-state index in [1.54, 1.807) is 9.80 Å². The minimum Gasteiger partial charge on any atom is -0.444 e. The number of likely N-dealkylation sites (tertiary alicyclic amines) is 1. The molecule has 0 spiro atoms. The number of hydrogen-bond donors (Lipinski definition) is 1. The molecule has 1 aliphatic heterocycles. The van der Waals surface area contributed by atoms with Crippen molar-refractivity contribution in [1.29, 1.82) is 0 Å². The van der Waals surface area contributed by atoms with Crippen LogP contribution in [-0.2, 0) is 9.53 Å². The van der Waals surface area contributed by atoms with Crippen molar-refractivity contribution < 1.29 is 14.3 Å². The normalized spacial score (nSPS) is 19.6. The van der Waals surface area contributed by atoms with Gasteiger partial charge in [0.15, 0.2) is 0 Å². The van der Waals surface area contributed by atoms with Crippen molar-refractivity contribution in [3.05, 3.63) is 0 Å². The van der Waals surface area contributed by atoms with Gasteiger partial charge in [-0.3, -0.25) is 4.79 Å². The topological polar surface area (TPSA) is 75.9 Å². The highest BCUT2D eigenvalue weighted by Crippen LogP contribution is 2.21. The van der Waals surface area contributed by atoms with E-state index in [1.165, 1.54) is 0 Å². The molecular weight excluding hydrogens is 270 g/mol. The van der Waals surface area contributed by atoms with Gasteiger partial charge in [-0.1, -0.05) is 0 Å². The third kappa shape index (κ3) is 5.19. The predicted octanol–water partition coefficient (Wildman–Crippen LogP) is 1.58. The van der Waals surface area contributed by atoms with Crippen LogP contribution < -0.4 is 5.73 Å². The maximum absolute atomic E-state index is 12.4. The summed E-state index contributed by atoms with van der Waals surface area (Å²) in [5.74, 6) is -0.0624. The lowest BCUT2D eigenvalue weighted by Crippen LogP contribution is -2.55. The fourth-order valence-corrected chi connectivity index (χ4v) is 2.63. The lowest BCUT2D eigenvalue weighted by atomic mass is 10.0. The average molecular weight is 299 g/mol. The summed E-state index contributed by atoms with van der Waals surface area (Å²) in [5, 5.41) is 0. The molecule has 122 valence electrons. The van der Waals surface area contributed by atoms with Crippen LogP contribution in [0.4, 0.5) is 4.79 Å². The van der Waals surface area contributed by atoms with Gasteiger partial charge in [-0.2, -0.15) is 0 Å². The SMILES string of the molecule is CC(C)N(C(=O)OC(C)(C)C)C1CCCN(C(=O)CN)C1. The van der Waals surface area contributed by atoms with E-state index >= 15 is 0 Å². The van der Waals surface area contributed by atoms with E-state index in [0.717, 1.165) is 12.8 Å². The second-order valence-electron chi connectivity index (χ2n) is 6.82. The van der Waals surface area contributed by atoms with Crippen LogP contribution in [-0.4, -0.2) is 59.1 Å².